The minimum absolute atomic E-state index is 0. The molecule has 7 heavy (non-hydrogen) atoms. The van der Waals surface area contributed by atoms with Gasteiger partial charge in [0.25, 0.3) is 0 Å². The highest BCUT2D eigenvalue weighted by Gasteiger charge is 1.86. The van der Waals surface area contributed by atoms with Gasteiger partial charge in [-0.05, 0) is 31.4 Å². The Bertz CT molecular complexity index is 27.3. The standard InChI is InChI=1S/C5H13N.H4Si/c1-4-5(2)6-3;/h5-6H,4H2,1-3H3;1H4. The van der Waals surface area contributed by atoms with Crippen LogP contribution in [0.5, 0.6) is 0 Å². The lowest BCUT2D eigenvalue weighted by atomic mass is 10.3. The molecule has 0 heterocycles. The summed E-state index contributed by atoms with van der Waals surface area (Å²) < 4.78 is 0. The van der Waals surface area contributed by atoms with Crippen molar-refractivity contribution in [3.05, 3.63) is 0 Å². The predicted molar refractivity (Wildman–Crippen MR) is 40.1 cm³/mol. The number of rotatable bonds is 2. The molecule has 46 valence electrons. The van der Waals surface area contributed by atoms with Gasteiger partial charge in [-0.1, -0.05) is 6.92 Å². The van der Waals surface area contributed by atoms with E-state index in [1.54, 1.807) is 0 Å². The van der Waals surface area contributed by atoms with Crippen molar-refractivity contribution in [1.29, 1.82) is 0 Å². The molecule has 1 atom stereocenters. The Kier molecular flexibility index (Phi) is 9.02. The van der Waals surface area contributed by atoms with Crippen LogP contribution in [-0.4, -0.2) is 24.1 Å². The van der Waals surface area contributed by atoms with Gasteiger partial charge in [0.1, 0.15) is 0 Å². The maximum Gasteiger partial charge on any atom is 0.00331 e. The van der Waals surface area contributed by atoms with Gasteiger partial charge in [-0.2, -0.15) is 0 Å². The largest absolute Gasteiger partial charge is 0.317 e. The number of nitrogens with one attached hydrogen (secondary N) is 1. The zero-order valence-corrected chi connectivity index (χ0v) is 4.78. The van der Waals surface area contributed by atoms with Crippen molar-refractivity contribution in [2.24, 2.45) is 0 Å². The van der Waals surface area contributed by atoms with Gasteiger partial charge in [0, 0.05) is 6.04 Å². The molecule has 0 aromatic carbocycles. The quantitative estimate of drug-likeness (QED) is 0.486. The van der Waals surface area contributed by atoms with Gasteiger partial charge in [0.05, 0.1) is 0 Å². The van der Waals surface area contributed by atoms with E-state index in [0.29, 0.717) is 6.04 Å². The second-order valence-corrected chi connectivity index (χ2v) is 1.60. The van der Waals surface area contributed by atoms with E-state index in [1.807, 2.05) is 7.05 Å². The molecule has 0 aromatic rings. The Labute approximate surface area is 50.5 Å². The molecule has 0 aliphatic rings. The van der Waals surface area contributed by atoms with Gasteiger partial charge in [0.15, 0.2) is 0 Å². The summed E-state index contributed by atoms with van der Waals surface area (Å²) >= 11 is 0. The monoisotopic (exact) mass is 119 g/mol. The summed E-state index contributed by atoms with van der Waals surface area (Å²) in [7, 11) is 1.98. The average molecular weight is 119 g/mol. The van der Waals surface area contributed by atoms with Gasteiger partial charge in [-0.3, -0.25) is 0 Å². The van der Waals surface area contributed by atoms with Crippen LogP contribution >= 0.6 is 0 Å². The molecule has 0 fully saturated rings. The van der Waals surface area contributed by atoms with Crippen LogP contribution in [0.1, 0.15) is 20.3 Å². The molecule has 0 bridgehead atoms. The predicted octanol–water partition coefficient (Wildman–Crippen LogP) is -0.447. The third-order valence-corrected chi connectivity index (χ3v) is 1.11. The summed E-state index contributed by atoms with van der Waals surface area (Å²) in [4.78, 5) is 0. The lowest BCUT2D eigenvalue weighted by Gasteiger charge is -2.02. The Balaban J connectivity index is 0. The van der Waals surface area contributed by atoms with E-state index in [9.17, 15) is 0 Å². The van der Waals surface area contributed by atoms with Crippen molar-refractivity contribution in [3.8, 4) is 0 Å². The Morgan fingerprint density at radius 3 is 2.00 bits per heavy atom. The van der Waals surface area contributed by atoms with Crippen LogP contribution in [0.2, 0.25) is 0 Å². The molecule has 1 N–H and O–H groups in total. The molecule has 1 unspecified atom stereocenters. The van der Waals surface area contributed by atoms with E-state index in [-0.39, 0.29) is 11.0 Å². The molecule has 0 saturated carbocycles. The Morgan fingerprint density at radius 1 is 1.57 bits per heavy atom. The first kappa shape index (κ1) is 10.2. The van der Waals surface area contributed by atoms with Crippen molar-refractivity contribution in [2.75, 3.05) is 7.05 Å². The van der Waals surface area contributed by atoms with E-state index in [4.69, 9.17) is 0 Å². The van der Waals surface area contributed by atoms with Gasteiger partial charge < -0.3 is 5.32 Å². The second-order valence-electron chi connectivity index (χ2n) is 1.60. The van der Waals surface area contributed by atoms with Crippen LogP contribution < -0.4 is 5.32 Å². The van der Waals surface area contributed by atoms with Crippen molar-refractivity contribution in [3.63, 3.8) is 0 Å². The van der Waals surface area contributed by atoms with Crippen LogP contribution in [-0.2, 0) is 0 Å². The van der Waals surface area contributed by atoms with Crippen LogP contribution in [0.3, 0.4) is 0 Å². The van der Waals surface area contributed by atoms with Crippen molar-refractivity contribution < 1.29 is 0 Å². The highest BCUT2D eigenvalue weighted by atomic mass is 28.1. The Morgan fingerprint density at radius 2 is 2.00 bits per heavy atom. The summed E-state index contributed by atoms with van der Waals surface area (Å²) in [5, 5.41) is 3.11. The first-order chi connectivity index (χ1) is 2.81. The van der Waals surface area contributed by atoms with Gasteiger partial charge >= 0.3 is 0 Å². The molecule has 0 aromatic heterocycles. The Hall–Kier alpha value is 0.177. The fraction of sp³-hybridized carbons (Fsp3) is 1.00. The molecule has 0 saturated heterocycles. The van der Waals surface area contributed by atoms with Gasteiger partial charge in [0.2, 0.25) is 0 Å². The maximum atomic E-state index is 3.11. The first-order valence-electron chi connectivity index (χ1n) is 2.48. The lowest BCUT2D eigenvalue weighted by Crippen LogP contribution is -2.19. The number of hydrogen-bond donors (Lipinski definition) is 1. The minimum atomic E-state index is 0. The summed E-state index contributed by atoms with van der Waals surface area (Å²) in [6.45, 7) is 4.33. The van der Waals surface area contributed by atoms with Crippen molar-refractivity contribution in [2.45, 2.75) is 26.3 Å². The summed E-state index contributed by atoms with van der Waals surface area (Å²) in [6.07, 6.45) is 1.22. The highest BCUT2D eigenvalue weighted by Crippen LogP contribution is 1.82. The van der Waals surface area contributed by atoms with E-state index in [0.717, 1.165) is 0 Å². The van der Waals surface area contributed by atoms with Crippen LogP contribution in [0.15, 0.2) is 0 Å². The molecule has 1 nitrogen and oxygen atoms in total. The second kappa shape index (κ2) is 6.18. The molecular weight excluding hydrogens is 102 g/mol. The molecule has 0 amide bonds. The third kappa shape index (κ3) is 6.18. The van der Waals surface area contributed by atoms with Gasteiger partial charge in [-0.15, -0.1) is 0 Å². The molecular formula is C5H17NSi. The minimum Gasteiger partial charge on any atom is -0.317 e. The lowest BCUT2D eigenvalue weighted by molar-refractivity contribution is 0.593. The summed E-state index contributed by atoms with van der Waals surface area (Å²) in [5.74, 6) is 0. The fourth-order valence-electron chi connectivity index (χ4n) is 0.204. The SMILES string of the molecule is CCC(C)NC.[SiH4]. The van der Waals surface area contributed by atoms with E-state index in [1.165, 1.54) is 6.42 Å². The maximum absolute atomic E-state index is 3.11. The van der Waals surface area contributed by atoms with Crippen LogP contribution in [0.4, 0.5) is 0 Å². The van der Waals surface area contributed by atoms with E-state index in [2.05, 4.69) is 19.2 Å². The van der Waals surface area contributed by atoms with Crippen molar-refractivity contribution in [1.82, 2.24) is 5.32 Å². The highest BCUT2D eigenvalue weighted by molar-refractivity contribution is 5.75. The zero-order valence-electron chi connectivity index (χ0n) is 4.78. The summed E-state index contributed by atoms with van der Waals surface area (Å²) in [5.41, 5.74) is 0. The summed E-state index contributed by atoms with van der Waals surface area (Å²) in [6, 6.07) is 0.685. The van der Waals surface area contributed by atoms with Crippen molar-refractivity contribution >= 4 is 11.0 Å². The van der Waals surface area contributed by atoms with Crippen LogP contribution in [0, 0.1) is 0 Å². The molecule has 0 rings (SSSR count). The molecule has 0 radical (unpaired) electrons. The molecule has 0 aliphatic carbocycles. The van der Waals surface area contributed by atoms with E-state index < -0.39 is 0 Å². The van der Waals surface area contributed by atoms with Gasteiger partial charge in [-0.25, -0.2) is 0 Å². The number of hydrogen-bond acceptors (Lipinski definition) is 1. The third-order valence-electron chi connectivity index (χ3n) is 1.11. The topological polar surface area (TPSA) is 12.0 Å². The first-order valence-corrected chi connectivity index (χ1v) is 2.48. The normalized spacial score (nSPS) is 12.4. The molecule has 2 heteroatoms. The smallest absolute Gasteiger partial charge is 0.00331 e. The van der Waals surface area contributed by atoms with Crippen LogP contribution in [0.25, 0.3) is 0 Å². The average Bonchev–Trinajstić information content (AvgIpc) is 1.65. The van der Waals surface area contributed by atoms with E-state index >= 15 is 0 Å². The molecule has 0 aliphatic heterocycles. The zero-order chi connectivity index (χ0) is 4.99. The fourth-order valence-corrected chi connectivity index (χ4v) is 0.204. The molecule has 0 spiro atoms.